The Labute approximate surface area is 222 Å². The Kier molecular flexibility index (Phi) is 7.08. The van der Waals surface area contributed by atoms with Gasteiger partial charge in [-0.25, -0.2) is 13.4 Å². The minimum Gasteiger partial charge on any atom is -0.497 e. The van der Waals surface area contributed by atoms with Crippen LogP contribution >= 0.6 is 0 Å². The molecule has 8 nitrogen and oxygen atoms in total. The average molecular weight is 561 g/mol. The Morgan fingerprint density at radius 1 is 1.03 bits per heavy atom. The second-order valence-electron chi connectivity index (χ2n) is 9.01. The van der Waals surface area contributed by atoms with E-state index in [-0.39, 0.29) is 23.9 Å². The van der Waals surface area contributed by atoms with Crippen LogP contribution in [0.5, 0.6) is 11.5 Å². The maximum absolute atomic E-state index is 13.4. The molecule has 204 valence electrons. The number of hydrazone groups is 1. The van der Waals surface area contributed by atoms with Crippen LogP contribution in [0.25, 0.3) is 0 Å². The Morgan fingerprint density at radius 2 is 1.72 bits per heavy atom. The summed E-state index contributed by atoms with van der Waals surface area (Å²) in [4.78, 5) is 13.4. The first-order valence-corrected chi connectivity index (χ1v) is 13.5. The number of amides is 1. The molecule has 0 saturated carbocycles. The van der Waals surface area contributed by atoms with Crippen LogP contribution < -0.4 is 9.47 Å². The van der Waals surface area contributed by atoms with Crippen molar-refractivity contribution in [1.82, 2.24) is 5.01 Å². The zero-order valence-corrected chi connectivity index (χ0v) is 21.4. The SMILES string of the molecule is COc1ccc2c(c1)C1=NN(C(=O)COCc3ccccc3)[C@@H](c3ccc(OC(F)(F)F)cc3)[C@H]1CS2(=O)=O. The summed E-state index contributed by atoms with van der Waals surface area (Å²) in [5.74, 6) is -1.68. The summed E-state index contributed by atoms with van der Waals surface area (Å²) in [6.07, 6.45) is -4.87. The Bertz CT molecular complexity index is 1510. The summed E-state index contributed by atoms with van der Waals surface area (Å²) in [5.41, 5.74) is 1.94. The van der Waals surface area contributed by atoms with Gasteiger partial charge in [0, 0.05) is 11.5 Å². The van der Waals surface area contributed by atoms with E-state index in [1.165, 1.54) is 31.4 Å². The third-order valence-corrected chi connectivity index (χ3v) is 8.28. The van der Waals surface area contributed by atoms with Crippen molar-refractivity contribution in [3.63, 3.8) is 0 Å². The number of hydrogen-bond donors (Lipinski definition) is 0. The molecule has 2 atom stereocenters. The van der Waals surface area contributed by atoms with Crippen LogP contribution in [0.15, 0.2) is 82.8 Å². The van der Waals surface area contributed by atoms with Crippen LogP contribution in [0.3, 0.4) is 0 Å². The fraction of sp³-hybridized carbons (Fsp3) is 0.259. The van der Waals surface area contributed by atoms with E-state index in [0.29, 0.717) is 22.6 Å². The summed E-state index contributed by atoms with van der Waals surface area (Å²) < 4.78 is 79.4. The van der Waals surface area contributed by atoms with E-state index in [1.54, 1.807) is 6.07 Å². The van der Waals surface area contributed by atoms with Crippen LogP contribution in [-0.2, 0) is 26.0 Å². The molecule has 0 unspecified atom stereocenters. The highest BCUT2D eigenvalue weighted by Gasteiger charge is 2.48. The molecule has 5 rings (SSSR count). The number of hydrogen-bond acceptors (Lipinski definition) is 7. The molecule has 3 aromatic carbocycles. The van der Waals surface area contributed by atoms with Gasteiger partial charge in [-0.05, 0) is 41.5 Å². The van der Waals surface area contributed by atoms with Gasteiger partial charge in [0.1, 0.15) is 18.1 Å². The smallest absolute Gasteiger partial charge is 0.497 e. The summed E-state index contributed by atoms with van der Waals surface area (Å²) in [7, 11) is -2.33. The molecular formula is C27H23F3N2O6S. The third-order valence-electron chi connectivity index (χ3n) is 6.46. The maximum atomic E-state index is 13.4. The average Bonchev–Trinajstić information content (AvgIpc) is 3.27. The molecule has 0 aromatic heterocycles. The number of alkyl halides is 3. The van der Waals surface area contributed by atoms with E-state index in [4.69, 9.17) is 9.47 Å². The number of methoxy groups -OCH3 is 1. The number of nitrogens with zero attached hydrogens (tertiary/aromatic N) is 2. The van der Waals surface area contributed by atoms with Crippen LogP contribution in [0.1, 0.15) is 22.7 Å². The fourth-order valence-electron chi connectivity index (χ4n) is 4.78. The number of fused-ring (bicyclic) bond motifs is 3. The summed E-state index contributed by atoms with van der Waals surface area (Å²) in [5, 5.41) is 5.71. The molecule has 1 amide bonds. The number of benzene rings is 3. The molecule has 2 aliphatic heterocycles. The second-order valence-corrected chi connectivity index (χ2v) is 11.0. The first kappa shape index (κ1) is 26.7. The van der Waals surface area contributed by atoms with Crippen molar-refractivity contribution in [1.29, 1.82) is 0 Å². The lowest BCUT2D eigenvalue weighted by atomic mass is 9.88. The molecule has 0 spiro atoms. The van der Waals surface area contributed by atoms with Gasteiger partial charge >= 0.3 is 6.36 Å². The third kappa shape index (κ3) is 5.62. The number of carbonyl (C=O) groups excluding carboxylic acids is 1. The van der Waals surface area contributed by atoms with Gasteiger partial charge in [0.25, 0.3) is 5.91 Å². The minimum absolute atomic E-state index is 0.0700. The van der Waals surface area contributed by atoms with Crippen molar-refractivity contribution >= 4 is 21.5 Å². The Balaban J connectivity index is 1.49. The molecule has 0 saturated heterocycles. The lowest BCUT2D eigenvalue weighted by molar-refractivity contribution is -0.274. The Hall–Kier alpha value is -3.90. The van der Waals surface area contributed by atoms with Gasteiger partial charge in [0.15, 0.2) is 9.84 Å². The molecule has 0 N–H and O–H groups in total. The topological polar surface area (TPSA) is 94.5 Å². The standard InChI is InChI=1S/C27H23F3N2O6S/c1-36-20-11-12-23-21(13-20)25-22(16-39(23,34)35)26(18-7-9-19(10-8-18)38-27(28,29)30)32(31-25)24(33)15-37-14-17-5-3-2-4-6-17/h2-13,22,26H,14-16H2,1H3/t22-,26-/m0/s1. The number of rotatable bonds is 7. The van der Waals surface area contributed by atoms with E-state index in [2.05, 4.69) is 9.84 Å². The molecular weight excluding hydrogens is 537 g/mol. The fourth-order valence-corrected chi connectivity index (χ4v) is 6.54. The largest absolute Gasteiger partial charge is 0.573 e. The van der Waals surface area contributed by atoms with Crippen LogP contribution in [-0.4, -0.2) is 50.9 Å². The summed E-state index contributed by atoms with van der Waals surface area (Å²) in [6, 6.07) is 17.8. The predicted octanol–water partition coefficient (Wildman–Crippen LogP) is 4.50. The van der Waals surface area contributed by atoms with E-state index < -0.39 is 39.8 Å². The van der Waals surface area contributed by atoms with Crippen LogP contribution in [0.2, 0.25) is 0 Å². The lowest BCUT2D eigenvalue weighted by Crippen LogP contribution is -2.37. The highest BCUT2D eigenvalue weighted by Crippen LogP contribution is 2.44. The number of carbonyl (C=O) groups is 1. The van der Waals surface area contributed by atoms with Crippen molar-refractivity contribution in [2.45, 2.75) is 23.9 Å². The van der Waals surface area contributed by atoms with Gasteiger partial charge < -0.3 is 14.2 Å². The van der Waals surface area contributed by atoms with Crippen molar-refractivity contribution < 1.29 is 40.6 Å². The second kappa shape index (κ2) is 10.3. The van der Waals surface area contributed by atoms with E-state index >= 15 is 0 Å². The molecule has 0 bridgehead atoms. The van der Waals surface area contributed by atoms with Crippen molar-refractivity contribution in [2.75, 3.05) is 19.5 Å². The van der Waals surface area contributed by atoms with Crippen molar-refractivity contribution in [3.05, 3.63) is 89.5 Å². The van der Waals surface area contributed by atoms with Gasteiger partial charge in [-0.3, -0.25) is 4.79 Å². The molecule has 2 aliphatic rings. The van der Waals surface area contributed by atoms with Gasteiger partial charge in [0.2, 0.25) is 0 Å². The van der Waals surface area contributed by atoms with Crippen LogP contribution in [0.4, 0.5) is 13.2 Å². The molecule has 0 radical (unpaired) electrons. The number of sulfone groups is 1. The first-order valence-electron chi connectivity index (χ1n) is 11.8. The predicted molar refractivity (Wildman–Crippen MR) is 134 cm³/mol. The quantitative estimate of drug-likeness (QED) is 0.423. The molecule has 0 aliphatic carbocycles. The van der Waals surface area contributed by atoms with Crippen molar-refractivity contribution in [3.8, 4) is 11.5 Å². The zero-order valence-electron chi connectivity index (χ0n) is 20.6. The molecule has 39 heavy (non-hydrogen) atoms. The van der Waals surface area contributed by atoms with Gasteiger partial charge in [0.05, 0.1) is 36.1 Å². The minimum atomic E-state index is -4.87. The zero-order chi connectivity index (χ0) is 27.8. The van der Waals surface area contributed by atoms with E-state index in [1.807, 2.05) is 30.3 Å². The number of halogens is 3. The maximum Gasteiger partial charge on any atom is 0.573 e. The first-order chi connectivity index (χ1) is 18.6. The van der Waals surface area contributed by atoms with E-state index in [9.17, 15) is 26.4 Å². The summed E-state index contributed by atoms with van der Waals surface area (Å²) >= 11 is 0. The monoisotopic (exact) mass is 560 g/mol. The highest BCUT2D eigenvalue weighted by atomic mass is 32.2. The molecule has 3 aromatic rings. The number of ether oxygens (including phenoxy) is 3. The molecule has 12 heteroatoms. The molecule has 2 heterocycles. The normalized spacial score (nSPS) is 19.6. The van der Waals surface area contributed by atoms with Gasteiger partial charge in [-0.15, -0.1) is 13.2 Å². The molecule has 0 fully saturated rings. The van der Waals surface area contributed by atoms with Crippen LogP contribution in [0, 0.1) is 5.92 Å². The van der Waals surface area contributed by atoms with E-state index in [0.717, 1.165) is 22.7 Å². The van der Waals surface area contributed by atoms with Crippen molar-refractivity contribution in [2.24, 2.45) is 11.0 Å². The Morgan fingerprint density at radius 3 is 2.38 bits per heavy atom. The summed E-state index contributed by atoms with van der Waals surface area (Å²) in [6.45, 7) is -0.176. The highest BCUT2D eigenvalue weighted by molar-refractivity contribution is 7.91. The van der Waals surface area contributed by atoms with Gasteiger partial charge in [-0.1, -0.05) is 42.5 Å². The lowest BCUT2D eigenvalue weighted by Gasteiger charge is -2.29. The van der Waals surface area contributed by atoms with Gasteiger partial charge in [-0.2, -0.15) is 5.10 Å².